The van der Waals surface area contributed by atoms with Crippen molar-refractivity contribution in [2.24, 2.45) is 0 Å². The largest absolute Gasteiger partial charge is 0.422 e. The molecular weight excluding hydrogens is 414 g/mol. The van der Waals surface area contributed by atoms with Gasteiger partial charge in [-0.1, -0.05) is 56.3 Å². The molecule has 0 radical (unpaired) electrons. The Kier molecular flexibility index (Phi) is 5.71. The minimum atomic E-state index is -3.21. The van der Waals surface area contributed by atoms with E-state index in [1.807, 2.05) is 24.3 Å². The maximum atomic E-state index is 13.5. The van der Waals surface area contributed by atoms with Crippen LogP contribution in [0.5, 0.6) is 0 Å². The summed E-state index contributed by atoms with van der Waals surface area (Å²) in [6.07, 6.45) is 0.358. The number of benzene rings is 2. The molecule has 4 rings (SSSR count). The lowest BCUT2D eigenvalue weighted by atomic mass is 10.0. The van der Waals surface area contributed by atoms with Crippen LogP contribution in [-0.2, 0) is 16.4 Å². The van der Waals surface area contributed by atoms with Gasteiger partial charge in [-0.25, -0.2) is 13.2 Å². The van der Waals surface area contributed by atoms with E-state index in [0.717, 1.165) is 5.56 Å². The van der Waals surface area contributed by atoms with Gasteiger partial charge < -0.3 is 9.32 Å². The quantitative estimate of drug-likeness (QED) is 0.566. The third-order valence-electron chi connectivity index (χ3n) is 5.78. The molecule has 0 bridgehead atoms. The Morgan fingerprint density at radius 2 is 1.84 bits per heavy atom. The van der Waals surface area contributed by atoms with Gasteiger partial charge in [0, 0.05) is 18.0 Å². The molecule has 162 valence electrons. The lowest BCUT2D eigenvalue weighted by molar-refractivity contribution is 0.0676. The van der Waals surface area contributed by atoms with Gasteiger partial charge in [-0.15, -0.1) is 0 Å². The third kappa shape index (κ3) is 4.56. The van der Waals surface area contributed by atoms with Gasteiger partial charge in [-0.3, -0.25) is 4.79 Å². The van der Waals surface area contributed by atoms with Crippen molar-refractivity contribution in [2.75, 3.05) is 11.5 Å². The van der Waals surface area contributed by atoms with E-state index in [2.05, 4.69) is 13.8 Å². The van der Waals surface area contributed by atoms with Gasteiger partial charge in [0.05, 0.1) is 11.5 Å². The molecule has 0 aliphatic carbocycles. The zero-order valence-electron chi connectivity index (χ0n) is 17.6. The lowest BCUT2D eigenvalue weighted by Crippen LogP contribution is -2.42. The number of rotatable bonds is 5. The molecule has 7 heteroatoms. The van der Waals surface area contributed by atoms with E-state index in [1.54, 1.807) is 24.3 Å². The van der Waals surface area contributed by atoms with Gasteiger partial charge in [0.2, 0.25) is 0 Å². The maximum Gasteiger partial charge on any atom is 0.349 e. The van der Waals surface area contributed by atoms with Crippen LogP contribution in [0.4, 0.5) is 0 Å². The number of fused-ring (bicyclic) bond motifs is 1. The molecule has 0 spiro atoms. The summed E-state index contributed by atoms with van der Waals surface area (Å²) in [5.74, 6) is -0.176. The highest BCUT2D eigenvalue weighted by Crippen LogP contribution is 2.24. The lowest BCUT2D eigenvalue weighted by Gasteiger charge is -2.28. The highest BCUT2D eigenvalue weighted by atomic mass is 32.2. The summed E-state index contributed by atoms with van der Waals surface area (Å²) in [7, 11) is -3.21. The zero-order chi connectivity index (χ0) is 22.2. The first kappa shape index (κ1) is 21.3. The number of nitrogens with zero attached hydrogens (tertiary/aromatic N) is 1. The van der Waals surface area contributed by atoms with Crippen LogP contribution < -0.4 is 5.63 Å². The highest BCUT2D eigenvalue weighted by Gasteiger charge is 2.36. The molecular formula is C24H25NO5S. The number of sulfone groups is 1. The normalized spacial score (nSPS) is 17.8. The monoisotopic (exact) mass is 439 g/mol. The van der Waals surface area contributed by atoms with Crippen molar-refractivity contribution in [3.63, 3.8) is 0 Å². The van der Waals surface area contributed by atoms with Gasteiger partial charge in [-0.05, 0) is 35.6 Å². The first-order valence-electron chi connectivity index (χ1n) is 10.4. The smallest absolute Gasteiger partial charge is 0.349 e. The Labute approximate surface area is 181 Å². The number of carbonyl (C=O) groups is 1. The van der Waals surface area contributed by atoms with Crippen molar-refractivity contribution in [3.8, 4) is 0 Å². The van der Waals surface area contributed by atoms with Crippen LogP contribution in [0.2, 0.25) is 0 Å². The maximum absolute atomic E-state index is 13.5. The fourth-order valence-electron chi connectivity index (χ4n) is 3.96. The molecule has 1 aliphatic heterocycles. The highest BCUT2D eigenvalue weighted by molar-refractivity contribution is 7.91. The van der Waals surface area contributed by atoms with Crippen LogP contribution in [0.1, 0.15) is 47.7 Å². The SMILES string of the molecule is CC(C)c1ccc(CN(C(=O)c2cc3ccccc3oc2=O)[C@@H]2CCS(=O)(=O)C2)cc1. The number of para-hydroxylation sites is 1. The molecule has 0 saturated carbocycles. The average Bonchev–Trinajstić information content (AvgIpc) is 3.10. The molecule has 0 N–H and O–H groups in total. The number of amides is 1. The molecule has 1 aliphatic rings. The van der Waals surface area contributed by atoms with E-state index in [9.17, 15) is 18.0 Å². The first-order valence-corrected chi connectivity index (χ1v) is 12.2. The van der Waals surface area contributed by atoms with E-state index in [-0.39, 0.29) is 23.6 Å². The number of carbonyl (C=O) groups excluding carboxylic acids is 1. The van der Waals surface area contributed by atoms with Gasteiger partial charge in [0.15, 0.2) is 9.84 Å². The van der Waals surface area contributed by atoms with E-state index in [1.165, 1.54) is 16.5 Å². The summed E-state index contributed by atoms with van der Waals surface area (Å²) in [5.41, 5.74) is 1.67. The first-order chi connectivity index (χ1) is 14.7. The Balaban J connectivity index is 1.71. The number of hydrogen-bond acceptors (Lipinski definition) is 5. The molecule has 1 atom stereocenters. The third-order valence-corrected chi connectivity index (χ3v) is 7.53. The summed E-state index contributed by atoms with van der Waals surface area (Å²) in [4.78, 5) is 27.5. The van der Waals surface area contributed by atoms with Gasteiger partial charge in [0.25, 0.3) is 5.91 Å². The summed E-state index contributed by atoms with van der Waals surface area (Å²) in [5, 5.41) is 0.644. The molecule has 1 saturated heterocycles. The van der Waals surface area contributed by atoms with E-state index in [0.29, 0.717) is 23.3 Å². The molecule has 1 aromatic heterocycles. The van der Waals surface area contributed by atoms with Crippen LogP contribution >= 0.6 is 0 Å². The minimum absolute atomic E-state index is 0.0417. The molecule has 1 fully saturated rings. The molecule has 2 heterocycles. The second-order valence-corrected chi connectivity index (χ2v) is 10.6. The van der Waals surface area contributed by atoms with Crippen LogP contribution in [0, 0.1) is 0 Å². The van der Waals surface area contributed by atoms with Crippen LogP contribution in [0.3, 0.4) is 0 Å². The summed E-state index contributed by atoms with van der Waals surface area (Å²) < 4.78 is 29.5. The number of hydrogen-bond donors (Lipinski definition) is 0. The van der Waals surface area contributed by atoms with Crippen molar-refractivity contribution in [3.05, 3.63) is 81.7 Å². The molecule has 0 unspecified atom stereocenters. The molecule has 6 nitrogen and oxygen atoms in total. The second-order valence-electron chi connectivity index (χ2n) is 8.37. The Hall–Kier alpha value is -2.93. The van der Waals surface area contributed by atoms with Crippen LogP contribution in [-0.4, -0.2) is 36.8 Å². The van der Waals surface area contributed by atoms with Crippen molar-refractivity contribution >= 4 is 26.7 Å². The predicted octanol–water partition coefficient (Wildman–Crippen LogP) is 3.75. The Bertz CT molecular complexity index is 1280. The van der Waals surface area contributed by atoms with E-state index >= 15 is 0 Å². The van der Waals surface area contributed by atoms with Gasteiger partial charge in [0.1, 0.15) is 11.1 Å². The summed E-state index contributed by atoms with van der Waals surface area (Å²) >= 11 is 0. The molecule has 1 amide bonds. The molecule has 2 aromatic carbocycles. The molecule has 3 aromatic rings. The average molecular weight is 440 g/mol. The molecule has 31 heavy (non-hydrogen) atoms. The van der Waals surface area contributed by atoms with E-state index in [4.69, 9.17) is 4.42 Å². The minimum Gasteiger partial charge on any atom is -0.422 e. The van der Waals surface area contributed by atoms with Crippen molar-refractivity contribution < 1.29 is 17.6 Å². The van der Waals surface area contributed by atoms with Crippen molar-refractivity contribution in [1.29, 1.82) is 0 Å². The van der Waals surface area contributed by atoms with Crippen molar-refractivity contribution in [2.45, 2.75) is 38.8 Å². The van der Waals surface area contributed by atoms with Crippen LogP contribution in [0.15, 0.2) is 63.8 Å². The van der Waals surface area contributed by atoms with Gasteiger partial charge >= 0.3 is 5.63 Å². The fourth-order valence-corrected chi connectivity index (χ4v) is 5.69. The Morgan fingerprint density at radius 1 is 1.13 bits per heavy atom. The second kappa shape index (κ2) is 8.30. The summed E-state index contributed by atoms with van der Waals surface area (Å²) in [6, 6.07) is 16.0. The van der Waals surface area contributed by atoms with Crippen molar-refractivity contribution in [1.82, 2.24) is 4.90 Å². The van der Waals surface area contributed by atoms with Crippen LogP contribution in [0.25, 0.3) is 11.0 Å². The summed E-state index contributed by atoms with van der Waals surface area (Å²) in [6.45, 7) is 4.43. The zero-order valence-corrected chi connectivity index (χ0v) is 18.4. The van der Waals surface area contributed by atoms with E-state index < -0.39 is 27.4 Å². The fraction of sp³-hybridized carbons (Fsp3) is 0.333. The Morgan fingerprint density at radius 3 is 2.48 bits per heavy atom. The van der Waals surface area contributed by atoms with Gasteiger partial charge in [-0.2, -0.15) is 0 Å². The predicted molar refractivity (Wildman–Crippen MR) is 120 cm³/mol. The topological polar surface area (TPSA) is 84.7 Å². The standard InChI is InChI=1S/C24H25NO5S/c1-16(2)18-9-7-17(8-10-18)14-25(20-11-12-31(28,29)15-20)23(26)21-13-19-5-3-4-6-22(19)30-24(21)27/h3-10,13,16,20H,11-12,14-15H2,1-2H3/t20-/m1/s1.